The quantitative estimate of drug-likeness (QED) is 0.570. The number of nitrogens with one attached hydrogen (secondary N) is 2. The van der Waals surface area contributed by atoms with E-state index in [9.17, 15) is 14.9 Å². The second-order valence-electron chi connectivity index (χ2n) is 4.26. The number of aryl methyl sites for hydroxylation is 1. The highest BCUT2D eigenvalue weighted by Crippen LogP contribution is 2.26. The standard InChI is InChI=1S/C12H20N6O3/c1-5-17(6-2)9(19)7-14-11-10(18(20)21)8(3)15-12(13-4)16-11/h5-7H2,1-4H3,(H2,13,14,15,16). The van der Waals surface area contributed by atoms with Crippen LogP contribution in [0.4, 0.5) is 17.5 Å². The van der Waals surface area contributed by atoms with Gasteiger partial charge in [-0.2, -0.15) is 4.98 Å². The summed E-state index contributed by atoms with van der Waals surface area (Å²) in [6.07, 6.45) is 0. The van der Waals surface area contributed by atoms with E-state index in [0.717, 1.165) is 0 Å². The summed E-state index contributed by atoms with van der Waals surface area (Å²) in [7, 11) is 1.62. The molecule has 0 aliphatic carbocycles. The van der Waals surface area contributed by atoms with Crippen LogP contribution in [-0.2, 0) is 4.79 Å². The largest absolute Gasteiger partial charge is 0.357 e. The fourth-order valence-electron chi connectivity index (χ4n) is 1.87. The number of hydrogen-bond acceptors (Lipinski definition) is 7. The predicted octanol–water partition coefficient (Wildman–Crippen LogP) is 1.02. The van der Waals surface area contributed by atoms with E-state index in [0.29, 0.717) is 13.1 Å². The molecule has 116 valence electrons. The topological polar surface area (TPSA) is 113 Å². The molecule has 0 unspecified atom stereocenters. The number of aromatic nitrogens is 2. The zero-order chi connectivity index (χ0) is 16.0. The molecular weight excluding hydrogens is 276 g/mol. The van der Waals surface area contributed by atoms with Crippen molar-refractivity contribution in [3.63, 3.8) is 0 Å². The number of nitrogens with zero attached hydrogens (tertiary/aromatic N) is 4. The number of hydrogen-bond donors (Lipinski definition) is 2. The summed E-state index contributed by atoms with van der Waals surface area (Å²) in [4.78, 5) is 32.1. The van der Waals surface area contributed by atoms with Gasteiger partial charge in [-0.05, 0) is 20.8 Å². The normalized spacial score (nSPS) is 10.1. The second-order valence-corrected chi connectivity index (χ2v) is 4.26. The lowest BCUT2D eigenvalue weighted by molar-refractivity contribution is -0.385. The highest BCUT2D eigenvalue weighted by Gasteiger charge is 2.22. The Hall–Kier alpha value is -2.45. The van der Waals surface area contributed by atoms with Crippen LogP contribution in [0.1, 0.15) is 19.5 Å². The summed E-state index contributed by atoms with van der Waals surface area (Å²) in [6, 6.07) is 0. The fraction of sp³-hybridized carbons (Fsp3) is 0.583. The summed E-state index contributed by atoms with van der Waals surface area (Å²) < 4.78 is 0. The van der Waals surface area contributed by atoms with Crippen LogP contribution < -0.4 is 10.6 Å². The lowest BCUT2D eigenvalue weighted by Gasteiger charge is -2.19. The molecule has 1 amide bonds. The number of amides is 1. The molecule has 2 N–H and O–H groups in total. The van der Waals surface area contributed by atoms with Crippen LogP contribution in [-0.4, -0.2) is 52.4 Å². The molecule has 1 rings (SSSR count). The Morgan fingerprint density at radius 1 is 1.33 bits per heavy atom. The van der Waals surface area contributed by atoms with Crippen LogP contribution in [0.15, 0.2) is 0 Å². The van der Waals surface area contributed by atoms with Crippen molar-refractivity contribution >= 4 is 23.4 Å². The van der Waals surface area contributed by atoms with Gasteiger partial charge in [-0.25, -0.2) is 4.98 Å². The summed E-state index contributed by atoms with van der Waals surface area (Å²) in [5.41, 5.74) is 0.0125. The van der Waals surface area contributed by atoms with Gasteiger partial charge in [-0.15, -0.1) is 0 Å². The molecule has 0 fully saturated rings. The summed E-state index contributed by atoms with van der Waals surface area (Å²) >= 11 is 0. The lowest BCUT2D eigenvalue weighted by Crippen LogP contribution is -2.35. The van der Waals surface area contributed by atoms with E-state index < -0.39 is 4.92 Å². The van der Waals surface area contributed by atoms with Crippen LogP contribution >= 0.6 is 0 Å². The van der Waals surface area contributed by atoms with Crippen molar-refractivity contribution in [2.45, 2.75) is 20.8 Å². The van der Waals surface area contributed by atoms with Crippen molar-refractivity contribution in [1.29, 1.82) is 0 Å². The van der Waals surface area contributed by atoms with Gasteiger partial charge in [0.25, 0.3) is 0 Å². The molecule has 1 aromatic heterocycles. The third kappa shape index (κ3) is 4.01. The molecule has 0 aliphatic heterocycles. The first-order valence-corrected chi connectivity index (χ1v) is 6.66. The average Bonchev–Trinajstić information content (AvgIpc) is 2.45. The van der Waals surface area contributed by atoms with Crippen LogP contribution in [0.25, 0.3) is 0 Å². The first-order valence-electron chi connectivity index (χ1n) is 6.66. The maximum absolute atomic E-state index is 11.9. The van der Waals surface area contributed by atoms with Gasteiger partial charge in [0.05, 0.1) is 11.5 Å². The van der Waals surface area contributed by atoms with Crippen molar-refractivity contribution in [3.05, 3.63) is 15.8 Å². The van der Waals surface area contributed by atoms with Crippen molar-refractivity contribution in [2.75, 3.05) is 37.3 Å². The summed E-state index contributed by atoms with van der Waals surface area (Å²) in [5, 5.41) is 16.6. The number of anilines is 2. The van der Waals surface area contributed by atoms with E-state index in [1.54, 1.807) is 11.9 Å². The van der Waals surface area contributed by atoms with E-state index in [4.69, 9.17) is 0 Å². The van der Waals surface area contributed by atoms with Gasteiger partial charge in [-0.1, -0.05) is 0 Å². The molecular formula is C12H20N6O3. The number of carbonyl (C=O) groups is 1. The Morgan fingerprint density at radius 3 is 2.43 bits per heavy atom. The smallest absolute Gasteiger partial charge is 0.332 e. The van der Waals surface area contributed by atoms with Crippen LogP contribution in [0, 0.1) is 17.0 Å². The van der Waals surface area contributed by atoms with Gasteiger partial charge in [0.15, 0.2) is 0 Å². The summed E-state index contributed by atoms with van der Waals surface area (Å²) in [6.45, 7) is 6.39. The molecule has 0 aromatic carbocycles. The van der Waals surface area contributed by atoms with Gasteiger partial charge in [-0.3, -0.25) is 14.9 Å². The van der Waals surface area contributed by atoms with Gasteiger partial charge in [0, 0.05) is 20.1 Å². The zero-order valence-corrected chi connectivity index (χ0v) is 12.6. The molecule has 0 atom stereocenters. The molecule has 0 saturated carbocycles. The third-order valence-electron chi connectivity index (χ3n) is 2.99. The zero-order valence-electron chi connectivity index (χ0n) is 12.6. The molecule has 0 radical (unpaired) electrons. The Bertz CT molecular complexity index is 530. The van der Waals surface area contributed by atoms with E-state index in [1.807, 2.05) is 13.8 Å². The second kappa shape index (κ2) is 7.36. The Labute approximate surface area is 122 Å². The Kier molecular flexibility index (Phi) is 5.82. The van der Waals surface area contributed by atoms with E-state index in [1.165, 1.54) is 6.92 Å². The van der Waals surface area contributed by atoms with E-state index in [-0.39, 0.29) is 35.6 Å². The minimum Gasteiger partial charge on any atom is -0.357 e. The number of carbonyl (C=O) groups excluding carboxylic acids is 1. The van der Waals surface area contributed by atoms with Crippen molar-refractivity contribution in [2.24, 2.45) is 0 Å². The molecule has 9 nitrogen and oxygen atoms in total. The van der Waals surface area contributed by atoms with Crippen molar-refractivity contribution in [1.82, 2.24) is 14.9 Å². The number of nitro groups is 1. The highest BCUT2D eigenvalue weighted by atomic mass is 16.6. The maximum atomic E-state index is 11.9. The van der Waals surface area contributed by atoms with Crippen molar-refractivity contribution in [3.8, 4) is 0 Å². The molecule has 0 saturated heterocycles. The molecule has 0 bridgehead atoms. The monoisotopic (exact) mass is 296 g/mol. The first-order chi connectivity index (χ1) is 9.94. The maximum Gasteiger partial charge on any atom is 0.332 e. The molecule has 9 heteroatoms. The van der Waals surface area contributed by atoms with Gasteiger partial charge < -0.3 is 15.5 Å². The molecule has 0 aliphatic rings. The van der Waals surface area contributed by atoms with Gasteiger partial charge in [0.1, 0.15) is 5.69 Å². The minimum atomic E-state index is -0.557. The Morgan fingerprint density at radius 2 is 1.95 bits per heavy atom. The molecule has 21 heavy (non-hydrogen) atoms. The molecule has 0 spiro atoms. The molecule has 1 aromatic rings. The SMILES string of the molecule is CCN(CC)C(=O)CNc1nc(NC)nc(C)c1[N+](=O)[O-]. The van der Waals surface area contributed by atoms with Gasteiger partial charge >= 0.3 is 5.69 Å². The van der Waals surface area contributed by atoms with Crippen LogP contribution in [0.5, 0.6) is 0 Å². The lowest BCUT2D eigenvalue weighted by atomic mass is 10.3. The third-order valence-corrected chi connectivity index (χ3v) is 2.99. The summed E-state index contributed by atoms with van der Waals surface area (Å²) in [5.74, 6) is 0.157. The minimum absolute atomic E-state index is 0.0392. The highest BCUT2D eigenvalue weighted by molar-refractivity contribution is 5.81. The van der Waals surface area contributed by atoms with Gasteiger partial charge in [0.2, 0.25) is 17.7 Å². The predicted molar refractivity (Wildman–Crippen MR) is 79.4 cm³/mol. The average molecular weight is 296 g/mol. The number of rotatable bonds is 7. The number of likely N-dealkylation sites (N-methyl/N-ethyl adjacent to an activating group) is 1. The Balaban J connectivity index is 2.98. The van der Waals surface area contributed by atoms with Crippen LogP contribution in [0.3, 0.4) is 0 Å². The van der Waals surface area contributed by atoms with Crippen LogP contribution in [0.2, 0.25) is 0 Å². The van der Waals surface area contributed by atoms with Crippen molar-refractivity contribution < 1.29 is 9.72 Å². The van der Waals surface area contributed by atoms with E-state index >= 15 is 0 Å². The first kappa shape index (κ1) is 16.6. The molecule has 1 heterocycles. The fourth-order valence-corrected chi connectivity index (χ4v) is 1.87. The van der Waals surface area contributed by atoms with E-state index in [2.05, 4.69) is 20.6 Å².